The Morgan fingerprint density at radius 1 is 1.19 bits per heavy atom. The number of hydrogen-bond donors (Lipinski definition) is 2. The van der Waals surface area contributed by atoms with Crippen LogP contribution in [0.2, 0.25) is 0 Å². The molecule has 1 aromatic carbocycles. The molecule has 0 spiro atoms. The van der Waals surface area contributed by atoms with Crippen molar-refractivity contribution in [2.45, 2.75) is 44.9 Å². The van der Waals surface area contributed by atoms with Crippen LogP contribution in [0.15, 0.2) is 24.3 Å². The average molecular weight is 429 g/mol. The lowest BCUT2D eigenvalue weighted by atomic mass is 9.80. The van der Waals surface area contributed by atoms with E-state index in [9.17, 15) is 18.4 Å². The van der Waals surface area contributed by atoms with E-state index >= 15 is 0 Å². The largest absolute Gasteiger partial charge is 0.416 e. The van der Waals surface area contributed by atoms with E-state index < -0.39 is 11.7 Å². The summed E-state index contributed by atoms with van der Waals surface area (Å²) in [5.41, 5.74) is 0.936. The maximum Gasteiger partial charge on any atom is 0.416 e. The number of anilines is 2. The summed E-state index contributed by atoms with van der Waals surface area (Å²) in [7, 11) is 1.70. The molecule has 1 saturated carbocycles. The standard InChI is InChI=1S/C21H22F3N7/c1-12(14-4-3-5-14)27-18-17-19(29-16(10-25)28-18)30-20(26-2)31(17)11-13-6-8-15(9-7-13)21(22,23)24/h6-9,12,14H,3-5,11H2,1-2H3,(H2,26,27,28,29,30). The fourth-order valence-electron chi connectivity index (χ4n) is 3.79. The molecule has 0 radical (unpaired) electrons. The Morgan fingerprint density at radius 2 is 1.90 bits per heavy atom. The summed E-state index contributed by atoms with van der Waals surface area (Å²) in [6.07, 6.45) is -0.901. The maximum absolute atomic E-state index is 12.9. The van der Waals surface area contributed by atoms with Gasteiger partial charge in [0.1, 0.15) is 11.6 Å². The van der Waals surface area contributed by atoms with Crippen LogP contribution in [0.5, 0.6) is 0 Å². The molecule has 1 aliphatic rings. The van der Waals surface area contributed by atoms with Crippen LogP contribution in [0.4, 0.5) is 24.9 Å². The third-order valence-corrected chi connectivity index (χ3v) is 5.77. The van der Waals surface area contributed by atoms with Crippen molar-refractivity contribution in [3.63, 3.8) is 0 Å². The summed E-state index contributed by atoms with van der Waals surface area (Å²) in [6.45, 7) is 2.35. The number of nitrogens with zero attached hydrogens (tertiary/aromatic N) is 5. The van der Waals surface area contributed by atoms with E-state index in [-0.39, 0.29) is 18.4 Å². The molecular formula is C21H22F3N7. The summed E-state index contributed by atoms with van der Waals surface area (Å²) in [5.74, 6) is 1.53. The number of halogens is 3. The van der Waals surface area contributed by atoms with Crippen LogP contribution in [0, 0.1) is 17.2 Å². The van der Waals surface area contributed by atoms with E-state index in [4.69, 9.17) is 0 Å². The second kappa shape index (κ2) is 8.06. The minimum absolute atomic E-state index is 0.0117. The highest BCUT2D eigenvalue weighted by atomic mass is 19.4. The first-order valence-electron chi connectivity index (χ1n) is 10.1. The van der Waals surface area contributed by atoms with E-state index in [1.807, 2.05) is 10.6 Å². The Kier molecular flexibility index (Phi) is 5.43. The molecule has 162 valence electrons. The molecule has 0 amide bonds. The van der Waals surface area contributed by atoms with Crippen LogP contribution < -0.4 is 10.6 Å². The van der Waals surface area contributed by atoms with Gasteiger partial charge in [-0.25, -0.2) is 0 Å². The topological polar surface area (TPSA) is 91.5 Å². The lowest BCUT2D eigenvalue weighted by Crippen LogP contribution is -2.31. The molecule has 7 nitrogen and oxygen atoms in total. The Hall–Kier alpha value is -3.35. The third kappa shape index (κ3) is 4.13. The summed E-state index contributed by atoms with van der Waals surface area (Å²) in [4.78, 5) is 13.1. The zero-order chi connectivity index (χ0) is 22.2. The number of nitriles is 1. The summed E-state index contributed by atoms with van der Waals surface area (Å²) >= 11 is 0. The number of nitrogens with one attached hydrogen (secondary N) is 2. The van der Waals surface area contributed by atoms with Crippen molar-refractivity contribution in [1.29, 1.82) is 5.26 Å². The van der Waals surface area contributed by atoms with Crippen molar-refractivity contribution in [3.05, 3.63) is 41.2 Å². The molecular weight excluding hydrogens is 407 g/mol. The van der Waals surface area contributed by atoms with Gasteiger partial charge in [-0.1, -0.05) is 18.6 Å². The van der Waals surface area contributed by atoms with Gasteiger partial charge in [-0.15, -0.1) is 0 Å². The molecule has 2 aromatic heterocycles. The molecule has 1 aliphatic carbocycles. The fourth-order valence-corrected chi connectivity index (χ4v) is 3.79. The molecule has 31 heavy (non-hydrogen) atoms. The normalized spacial score (nSPS) is 15.4. The van der Waals surface area contributed by atoms with Crippen molar-refractivity contribution in [3.8, 4) is 6.07 Å². The number of alkyl halides is 3. The number of imidazole rings is 1. The van der Waals surface area contributed by atoms with E-state index in [1.165, 1.54) is 18.6 Å². The van der Waals surface area contributed by atoms with Crippen molar-refractivity contribution in [2.75, 3.05) is 17.7 Å². The summed E-state index contributed by atoms with van der Waals surface area (Å²) in [6, 6.07) is 7.15. The van der Waals surface area contributed by atoms with Gasteiger partial charge in [0, 0.05) is 13.1 Å². The van der Waals surface area contributed by atoms with Gasteiger partial charge in [0.05, 0.1) is 12.1 Å². The Bertz CT molecular complexity index is 1130. The first-order chi connectivity index (χ1) is 14.8. The van der Waals surface area contributed by atoms with Gasteiger partial charge >= 0.3 is 6.18 Å². The Morgan fingerprint density at radius 3 is 2.45 bits per heavy atom. The molecule has 0 aliphatic heterocycles. The summed E-state index contributed by atoms with van der Waals surface area (Å²) in [5, 5.41) is 15.7. The van der Waals surface area contributed by atoms with Gasteiger partial charge in [-0.05, 0) is 43.4 Å². The van der Waals surface area contributed by atoms with Crippen LogP contribution in [0.1, 0.15) is 43.1 Å². The molecule has 1 unspecified atom stereocenters. The van der Waals surface area contributed by atoms with Crippen LogP contribution in [-0.4, -0.2) is 32.6 Å². The van der Waals surface area contributed by atoms with E-state index in [1.54, 1.807) is 7.05 Å². The molecule has 2 heterocycles. The fraction of sp³-hybridized carbons (Fsp3) is 0.429. The van der Waals surface area contributed by atoms with Crippen LogP contribution >= 0.6 is 0 Å². The quantitative estimate of drug-likeness (QED) is 0.603. The monoisotopic (exact) mass is 429 g/mol. The van der Waals surface area contributed by atoms with Crippen molar-refractivity contribution >= 4 is 22.9 Å². The first kappa shape index (κ1) is 20.9. The van der Waals surface area contributed by atoms with Crippen LogP contribution in [-0.2, 0) is 12.7 Å². The molecule has 1 fully saturated rings. The second-order valence-corrected chi connectivity index (χ2v) is 7.77. The number of fused-ring (bicyclic) bond motifs is 1. The van der Waals surface area contributed by atoms with Gasteiger partial charge in [0.15, 0.2) is 11.5 Å². The zero-order valence-corrected chi connectivity index (χ0v) is 17.2. The van der Waals surface area contributed by atoms with Gasteiger partial charge in [0.25, 0.3) is 0 Å². The van der Waals surface area contributed by atoms with E-state index in [0.717, 1.165) is 25.0 Å². The minimum Gasteiger partial charge on any atom is -0.365 e. The van der Waals surface area contributed by atoms with E-state index in [0.29, 0.717) is 34.4 Å². The smallest absolute Gasteiger partial charge is 0.365 e. The molecule has 1 atom stereocenters. The van der Waals surface area contributed by atoms with E-state index in [2.05, 4.69) is 32.5 Å². The average Bonchev–Trinajstić information content (AvgIpc) is 3.03. The van der Waals surface area contributed by atoms with Crippen LogP contribution in [0.25, 0.3) is 11.2 Å². The van der Waals surface area contributed by atoms with Crippen molar-refractivity contribution in [2.24, 2.45) is 5.92 Å². The maximum atomic E-state index is 12.9. The molecule has 0 saturated heterocycles. The lowest BCUT2D eigenvalue weighted by Gasteiger charge is -2.32. The molecule has 0 bridgehead atoms. The lowest BCUT2D eigenvalue weighted by molar-refractivity contribution is -0.137. The number of benzene rings is 1. The number of aromatic nitrogens is 4. The summed E-state index contributed by atoms with van der Waals surface area (Å²) < 4.78 is 40.5. The highest BCUT2D eigenvalue weighted by molar-refractivity contribution is 5.86. The molecule has 10 heteroatoms. The van der Waals surface area contributed by atoms with Crippen molar-refractivity contribution in [1.82, 2.24) is 19.5 Å². The number of hydrogen-bond acceptors (Lipinski definition) is 6. The van der Waals surface area contributed by atoms with Gasteiger partial charge < -0.3 is 15.2 Å². The molecule has 3 aromatic rings. The minimum atomic E-state index is -4.38. The van der Waals surface area contributed by atoms with Crippen molar-refractivity contribution < 1.29 is 13.2 Å². The number of rotatable bonds is 6. The SMILES string of the molecule is CNc1nc2nc(C#N)nc(NC(C)C3CCC3)c2n1Cc1ccc(C(F)(F)F)cc1. The predicted molar refractivity (Wildman–Crippen MR) is 111 cm³/mol. The van der Waals surface area contributed by atoms with Gasteiger partial charge in [0.2, 0.25) is 11.8 Å². The van der Waals surface area contributed by atoms with Gasteiger partial charge in [-0.3, -0.25) is 0 Å². The predicted octanol–water partition coefficient (Wildman–Crippen LogP) is 4.41. The van der Waals surface area contributed by atoms with Crippen LogP contribution in [0.3, 0.4) is 0 Å². The Labute approximate surface area is 177 Å². The third-order valence-electron chi connectivity index (χ3n) is 5.77. The molecule has 4 rings (SSSR count). The second-order valence-electron chi connectivity index (χ2n) is 7.77. The highest BCUT2D eigenvalue weighted by Crippen LogP contribution is 2.33. The zero-order valence-electron chi connectivity index (χ0n) is 17.2. The Balaban J connectivity index is 1.75. The highest BCUT2D eigenvalue weighted by Gasteiger charge is 2.30. The first-order valence-corrected chi connectivity index (χ1v) is 10.1. The van der Waals surface area contributed by atoms with Gasteiger partial charge in [-0.2, -0.15) is 33.4 Å². The molecule has 2 N–H and O–H groups in total.